The van der Waals surface area contributed by atoms with Crippen molar-refractivity contribution < 1.29 is 9.90 Å². The molecule has 0 spiro atoms. The number of aryl methyl sites for hydroxylation is 1. The first-order valence-electron chi connectivity index (χ1n) is 8.45. The standard InChI is InChI=1S/C19H24O2/c1-2-12-6-16(11-20)18(21)17(7-12)19-8-13-3-14(9-19)5-15(4-13)10-19/h6-7,11,13-15,21H,2-5,8-10H2,1H3. The van der Waals surface area contributed by atoms with E-state index >= 15 is 0 Å². The molecule has 0 atom stereocenters. The minimum atomic E-state index is 0.155. The highest BCUT2D eigenvalue weighted by Gasteiger charge is 2.52. The molecule has 4 fully saturated rings. The fraction of sp³-hybridized carbons (Fsp3) is 0.632. The fourth-order valence-corrected chi connectivity index (χ4v) is 5.86. The number of phenolic OH excluding ortho intramolecular Hbond substituents is 1. The summed E-state index contributed by atoms with van der Waals surface area (Å²) in [6.45, 7) is 2.12. The number of carbonyl (C=O) groups excluding carboxylic acids is 1. The van der Waals surface area contributed by atoms with E-state index in [1.54, 1.807) is 0 Å². The van der Waals surface area contributed by atoms with Crippen molar-refractivity contribution in [1.29, 1.82) is 0 Å². The van der Waals surface area contributed by atoms with Crippen LogP contribution < -0.4 is 0 Å². The van der Waals surface area contributed by atoms with Crippen LogP contribution in [0, 0.1) is 17.8 Å². The maximum absolute atomic E-state index is 11.3. The Balaban J connectivity index is 1.84. The minimum Gasteiger partial charge on any atom is -0.507 e. The van der Waals surface area contributed by atoms with Gasteiger partial charge in [-0.25, -0.2) is 0 Å². The maximum atomic E-state index is 11.3. The molecule has 0 aromatic heterocycles. The Morgan fingerprint density at radius 1 is 1.14 bits per heavy atom. The molecular formula is C19H24O2. The molecule has 1 aromatic carbocycles. The molecule has 4 saturated carbocycles. The summed E-state index contributed by atoms with van der Waals surface area (Å²) in [5, 5.41) is 10.6. The lowest BCUT2D eigenvalue weighted by molar-refractivity contribution is -0.00618. The highest BCUT2D eigenvalue weighted by atomic mass is 16.3. The second-order valence-electron chi connectivity index (χ2n) is 7.75. The van der Waals surface area contributed by atoms with Crippen molar-refractivity contribution in [1.82, 2.24) is 0 Å². The first-order valence-corrected chi connectivity index (χ1v) is 8.45. The van der Waals surface area contributed by atoms with Gasteiger partial charge in [0.2, 0.25) is 0 Å². The molecule has 2 nitrogen and oxygen atoms in total. The molecule has 112 valence electrons. The van der Waals surface area contributed by atoms with Gasteiger partial charge in [0.25, 0.3) is 0 Å². The molecule has 5 rings (SSSR count). The zero-order valence-electron chi connectivity index (χ0n) is 12.8. The molecule has 2 heteroatoms. The van der Waals surface area contributed by atoms with Crippen LogP contribution in [0.5, 0.6) is 5.75 Å². The minimum absolute atomic E-state index is 0.155. The molecular weight excluding hydrogens is 260 g/mol. The van der Waals surface area contributed by atoms with Crippen LogP contribution in [0.1, 0.15) is 66.9 Å². The van der Waals surface area contributed by atoms with Crippen molar-refractivity contribution in [2.45, 2.75) is 57.3 Å². The van der Waals surface area contributed by atoms with E-state index in [9.17, 15) is 9.90 Å². The molecule has 21 heavy (non-hydrogen) atoms. The number of aromatic hydroxyl groups is 1. The third-order valence-corrected chi connectivity index (χ3v) is 6.34. The van der Waals surface area contributed by atoms with Crippen molar-refractivity contribution in [3.63, 3.8) is 0 Å². The molecule has 0 saturated heterocycles. The number of benzene rings is 1. The predicted octanol–water partition coefficient (Wildman–Crippen LogP) is 4.23. The SMILES string of the molecule is CCc1cc(C=O)c(O)c(C23CC4CC(CC(C4)C2)C3)c1. The Morgan fingerprint density at radius 3 is 2.19 bits per heavy atom. The zero-order valence-corrected chi connectivity index (χ0v) is 12.8. The van der Waals surface area contributed by atoms with Gasteiger partial charge in [-0.05, 0) is 79.7 Å². The average Bonchev–Trinajstić information content (AvgIpc) is 2.46. The Hall–Kier alpha value is -1.31. The highest BCUT2D eigenvalue weighted by molar-refractivity contribution is 5.81. The average molecular weight is 284 g/mol. The second kappa shape index (κ2) is 4.59. The summed E-state index contributed by atoms with van der Waals surface area (Å²) in [4.78, 5) is 11.3. The first-order chi connectivity index (χ1) is 10.1. The van der Waals surface area contributed by atoms with Gasteiger partial charge in [0, 0.05) is 5.56 Å². The van der Waals surface area contributed by atoms with Crippen LogP contribution in [-0.2, 0) is 11.8 Å². The molecule has 4 bridgehead atoms. The van der Waals surface area contributed by atoms with Crippen molar-refractivity contribution >= 4 is 6.29 Å². The van der Waals surface area contributed by atoms with Crippen LogP contribution in [-0.4, -0.2) is 11.4 Å². The summed E-state index contributed by atoms with van der Waals surface area (Å²) >= 11 is 0. The number of hydrogen-bond donors (Lipinski definition) is 1. The number of rotatable bonds is 3. The van der Waals surface area contributed by atoms with Crippen LogP contribution in [0.2, 0.25) is 0 Å². The van der Waals surface area contributed by atoms with Gasteiger partial charge >= 0.3 is 0 Å². The predicted molar refractivity (Wildman–Crippen MR) is 82.7 cm³/mol. The largest absolute Gasteiger partial charge is 0.507 e. The number of hydrogen-bond acceptors (Lipinski definition) is 2. The van der Waals surface area contributed by atoms with E-state index in [0.29, 0.717) is 5.56 Å². The van der Waals surface area contributed by atoms with E-state index in [2.05, 4.69) is 13.0 Å². The normalized spacial score (nSPS) is 36.9. The van der Waals surface area contributed by atoms with Gasteiger partial charge in [-0.2, -0.15) is 0 Å². The van der Waals surface area contributed by atoms with Gasteiger partial charge in [-0.3, -0.25) is 4.79 Å². The Morgan fingerprint density at radius 2 is 1.71 bits per heavy atom. The number of phenols is 1. The molecule has 1 N–H and O–H groups in total. The Bertz CT molecular complexity index is 552. The summed E-state index contributed by atoms with van der Waals surface area (Å²) in [5.74, 6) is 2.81. The quantitative estimate of drug-likeness (QED) is 0.843. The summed E-state index contributed by atoms with van der Waals surface area (Å²) < 4.78 is 0. The van der Waals surface area contributed by atoms with E-state index in [4.69, 9.17) is 0 Å². The number of carbonyl (C=O) groups is 1. The third-order valence-electron chi connectivity index (χ3n) is 6.34. The van der Waals surface area contributed by atoms with Gasteiger partial charge in [0.1, 0.15) is 5.75 Å². The third kappa shape index (κ3) is 1.95. The Labute approximate surface area is 126 Å². The second-order valence-corrected chi connectivity index (χ2v) is 7.75. The first kappa shape index (κ1) is 13.4. The lowest BCUT2D eigenvalue weighted by Crippen LogP contribution is -2.48. The van der Waals surface area contributed by atoms with Gasteiger partial charge in [0.05, 0.1) is 5.56 Å². The van der Waals surface area contributed by atoms with Gasteiger partial charge in [-0.1, -0.05) is 13.0 Å². The van der Waals surface area contributed by atoms with Crippen LogP contribution in [0.25, 0.3) is 0 Å². The van der Waals surface area contributed by atoms with E-state index < -0.39 is 0 Å². The number of aldehydes is 1. The monoisotopic (exact) mass is 284 g/mol. The zero-order chi connectivity index (χ0) is 14.6. The topological polar surface area (TPSA) is 37.3 Å². The van der Waals surface area contributed by atoms with Crippen LogP contribution in [0.15, 0.2) is 12.1 Å². The summed E-state index contributed by atoms with van der Waals surface area (Å²) in [6, 6.07) is 4.04. The summed E-state index contributed by atoms with van der Waals surface area (Å²) in [7, 11) is 0. The molecule has 0 amide bonds. The van der Waals surface area contributed by atoms with Crippen LogP contribution in [0.4, 0.5) is 0 Å². The van der Waals surface area contributed by atoms with E-state index in [1.807, 2.05) is 6.07 Å². The summed E-state index contributed by atoms with van der Waals surface area (Å²) in [5.41, 5.74) is 2.91. The fourth-order valence-electron chi connectivity index (χ4n) is 5.86. The van der Waals surface area contributed by atoms with Gasteiger partial charge in [-0.15, -0.1) is 0 Å². The van der Waals surface area contributed by atoms with Crippen molar-refractivity contribution in [2.24, 2.45) is 17.8 Å². The smallest absolute Gasteiger partial charge is 0.153 e. The van der Waals surface area contributed by atoms with Gasteiger partial charge < -0.3 is 5.11 Å². The Kier molecular flexibility index (Phi) is 2.92. The van der Waals surface area contributed by atoms with Crippen molar-refractivity contribution in [3.05, 3.63) is 28.8 Å². The molecule has 4 aliphatic rings. The molecule has 1 aromatic rings. The van der Waals surface area contributed by atoms with E-state index in [0.717, 1.165) is 36.0 Å². The highest BCUT2D eigenvalue weighted by Crippen LogP contribution is 2.62. The maximum Gasteiger partial charge on any atom is 0.153 e. The molecule has 0 heterocycles. The van der Waals surface area contributed by atoms with E-state index in [1.165, 1.54) is 44.1 Å². The van der Waals surface area contributed by atoms with Crippen LogP contribution in [0.3, 0.4) is 0 Å². The van der Waals surface area contributed by atoms with Gasteiger partial charge in [0.15, 0.2) is 6.29 Å². The molecule has 0 radical (unpaired) electrons. The molecule has 4 aliphatic carbocycles. The molecule has 0 aliphatic heterocycles. The molecule has 0 unspecified atom stereocenters. The lowest BCUT2D eigenvalue weighted by atomic mass is 9.48. The van der Waals surface area contributed by atoms with Crippen molar-refractivity contribution in [3.8, 4) is 5.75 Å². The van der Waals surface area contributed by atoms with Crippen molar-refractivity contribution in [2.75, 3.05) is 0 Å². The van der Waals surface area contributed by atoms with Crippen LogP contribution >= 0.6 is 0 Å². The summed E-state index contributed by atoms with van der Waals surface area (Å²) in [6.07, 6.45) is 9.59. The van der Waals surface area contributed by atoms with E-state index in [-0.39, 0.29) is 11.2 Å². The lowest BCUT2D eigenvalue weighted by Gasteiger charge is -2.57.